The minimum atomic E-state index is -0.397. The number of hydrogen-bond acceptors (Lipinski definition) is 9. The molecule has 10 nitrogen and oxygen atoms in total. The van der Waals surface area contributed by atoms with Crippen LogP contribution in [0.25, 0.3) is 11.4 Å². The van der Waals surface area contributed by atoms with Gasteiger partial charge in [0.1, 0.15) is 18.1 Å². The predicted octanol–water partition coefficient (Wildman–Crippen LogP) is 3.79. The topological polar surface area (TPSA) is 120 Å². The highest BCUT2D eigenvalue weighted by atomic mass is 32.1. The third-order valence-electron chi connectivity index (χ3n) is 4.66. The molecule has 0 radical (unpaired) electrons. The summed E-state index contributed by atoms with van der Waals surface area (Å²) < 4.78 is 21.7. The predicted molar refractivity (Wildman–Crippen MR) is 122 cm³/mol. The molecule has 0 fully saturated rings. The number of methoxy groups -OCH3 is 3. The lowest BCUT2D eigenvalue weighted by atomic mass is 10.2. The molecule has 4 rings (SSSR count). The van der Waals surface area contributed by atoms with Crippen LogP contribution >= 0.6 is 11.3 Å². The highest BCUT2D eigenvalue weighted by Crippen LogP contribution is 2.32. The van der Waals surface area contributed by atoms with Crippen molar-refractivity contribution in [1.82, 2.24) is 20.2 Å². The van der Waals surface area contributed by atoms with E-state index >= 15 is 0 Å². The summed E-state index contributed by atoms with van der Waals surface area (Å²) in [6.07, 6.45) is 0. The van der Waals surface area contributed by atoms with E-state index in [1.807, 2.05) is 5.38 Å². The van der Waals surface area contributed by atoms with Crippen molar-refractivity contribution in [2.45, 2.75) is 6.61 Å². The monoisotopic (exact) mass is 467 g/mol. The molecule has 2 N–H and O–H groups in total. The molecule has 0 bridgehead atoms. The molecule has 0 aliphatic carbocycles. The summed E-state index contributed by atoms with van der Waals surface area (Å²) in [4.78, 5) is 21.3. The van der Waals surface area contributed by atoms with Crippen LogP contribution in [0.15, 0.2) is 47.3 Å². The van der Waals surface area contributed by atoms with Crippen LogP contribution in [-0.4, -0.2) is 47.4 Å². The van der Waals surface area contributed by atoms with Crippen LogP contribution in [-0.2, 0) is 6.61 Å². The summed E-state index contributed by atoms with van der Waals surface area (Å²) in [5.74, 6) is 2.30. The number of H-pyrrole nitrogens is 1. The van der Waals surface area contributed by atoms with E-state index in [1.54, 1.807) is 56.1 Å². The summed E-state index contributed by atoms with van der Waals surface area (Å²) in [6.45, 7) is 0.306. The molecule has 0 atom stereocenters. The van der Waals surface area contributed by atoms with Crippen molar-refractivity contribution < 1.29 is 23.7 Å². The Hall–Kier alpha value is -4.12. The first kappa shape index (κ1) is 22.1. The van der Waals surface area contributed by atoms with Gasteiger partial charge < -0.3 is 18.9 Å². The highest BCUT2D eigenvalue weighted by Gasteiger charge is 2.16. The lowest BCUT2D eigenvalue weighted by Gasteiger charge is -2.11. The number of nitrogens with zero attached hydrogens (tertiary/aromatic N) is 3. The van der Waals surface area contributed by atoms with Gasteiger partial charge in [0.15, 0.2) is 17.3 Å². The molecule has 0 spiro atoms. The molecule has 4 aromatic rings. The molecular weight excluding hydrogens is 446 g/mol. The second kappa shape index (κ2) is 10.0. The number of anilines is 1. The molecule has 0 saturated carbocycles. The van der Waals surface area contributed by atoms with E-state index in [0.29, 0.717) is 46.6 Å². The second-order valence-electron chi connectivity index (χ2n) is 6.66. The van der Waals surface area contributed by atoms with Gasteiger partial charge in [0.05, 0.1) is 38.1 Å². The van der Waals surface area contributed by atoms with Gasteiger partial charge in [-0.3, -0.25) is 15.2 Å². The van der Waals surface area contributed by atoms with Gasteiger partial charge in [0.2, 0.25) is 5.95 Å². The zero-order valence-corrected chi connectivity index (χ0v) is 18.9. The van der Waals surface area contributed by atoms with Gasteiger partial charge in [0.25, 0.3) is 5.91 Å². The number of amides is 1. The van der Waals surface area contributed by atoms with Crippen LogP contribution in [0.5, 0.6) is 23.0 Å². The molecule has 0 unspecified atom stereocenters. The molecule has 2 aromatic heterocycles. The largest absolute Gasteiger partial charge is 0.497 e. The number of ether oxygens (including phenoxy) is 4. The Morgan fingerprint density at radius 2 is 1.88 bits per heavy atom. The van der Waals surface area contributed by atoms with E-state index < -0.39 is 5.91 Å². The van der Waals surface area contributed by atoms with Crippen LogP contribution in [0, 0.1) is 0 Å². The lowest BCUT2D eigenvalue weighted by Crippen LogP contribution is -2.13. The van der Waals surface area contributed by atoms with Gasteiger partial charge in [0, 0.05) is 17.0 Å². The number of carbonyl (C=O) groups is 1. The van der Waals surface area contributed by atoms with Gasteiger partial charge in [-0.1, -0.05) is 0 Å². The quantitative estimate of drug-likeness (QED) is 0.382. The zero-order valence-electron chi connectivity index (χ0n) is 18.1. The fourth-order valence-electron chi connectivity index (χ4n) is 2.99. The summed E-state index contributed by atoms with van der Waals surface area (Å²) in [6, 6.07) is 10.2. The van der Waals surface area contributed by atoms with Crippen LogP contribution in [0.3, 0.4) is 0 Å². The molecule has 2 heterocycles. The maximum atomic E-state index is 12.7. The molecule has 0 aliphatic heterocycles. The fourth-order valence-corrected chi connectivity index (χ4v) is 3.54. The Morgan fingerprint density at radius 1 is 1.03 bits per heavy atom. The first-order valence-electron chi connectivity index (χ1n) is 9.75. The number of aromatic nitrogens is 4. The maximum absolute atomic E-state index is 12.7. The van der Waals surface area contributed by atoms with Crippen molar-refractivity contribution >= 4 is 23.2 Å². The van der Waals surface area contributed by atoms with Gasteiger partial charge in [-0.2, -0.15) is 4.98 Å². The SMILES string of the molecule is COc1ccc(-c2nc(NC(=O)c3ccc(OCc4cscn4)c(OC)c3)n[nH]2)c(OC)c1. The Morgan fingerprint density at radius 3 is 2.61 bits per heavy atom. The van der Waals surface area contributed by atoms with Crippen LogP contribution in [0.4, 0.5) is 5.95 Å². The molecule has 1 amide bonds. The van der Waals surface area contributed by atoms with E-state index in [9.17, 15) is 4.79 Å². The van der Waals surface area contributed by atoms with Crippen molar-refractivity contribution in [2.75, 3.05) is 26.6 Å². The standard InChI is InChI=1S/C22H21N5O5S/c1-29-15-5-6-16(18(9-15)30-2)20-24-22(27-26-20)25-21(28)13-4-7-17(19(8-13)31-3)32-10-14-11-33-12-23-14/h4-9,11-12H,10H2,1-3H3,(H2,24,25,26,27,28). The first-order chi connectivity index (χ1) is 16.1. The molecule has 0 saturated heterocycles. The van der Waals surface area contributed by atoms with Gasteiger partial charge >= 0.3 is 0 Å². The number of hydrogen-bond donors (Lipinski definition) is 2. The number of thiazole rings is 1. The van der Waals surface area contributed by atoms with Crippen LogP contribution < -0.4 is 24.3 Å². The number of rotatable bonds is 9. The van der Waals surface area contributed by atoms with Crippen LogP contribution in [0.1, 0.15) is 16.1 Å². The van der Waals surface area contributed by atoms with Crippen molar-refractivity contribution in [2.24, 2.45) is 0 Å². The van der Waals surface area contributed by atoms with E-state index in [4.69, 9.17) is 18.9 Å². The molecule has 0 aliphatic rings. The van der Waals surface area contributed by atoms with Crippen molar-refractivity contribution in [1.29, 1.82) is 0 Å². The molecule has 2 aromatic carbocycles. The summed E-state index contributed by atoms with van der Waals surface area (Å²) in [5, 5.41) is 11.5. The third-order valence-corrected chi connectivity index (χ3v) is 5.29. The minimum Gasteiger partial charge on any atom is -0.497 e. The Labute approximate surface area is 193 Å². The minimum absolute atomic E-state index is 0.121. The van der Waals surface area contributed by atoms with Crippen molar-refractivity contribution in [3.8, 4) is 34.4 Å². The Bertz CT molecular complexity index is 1240. The number of nitrogens with one attached hydrogen (secondary N) is 2. The number of benzene rings is 2. The summed E-state index contributed by atoms with van der Waals surface area (Å²) in [5.41, 5.74) is 3.59. The Balaban J connectivity index is 1.47. The zero-order chi connectivity index (χ0) is 23.2. The second-order valence-corrected chi connectivity index (χ2v) is 7.38. The van der Waals surface area contributed by atoms with Crippen molar-refractivity contribution in [3.05, 3.63) is 58.5 Å². The van der Waals surface area contributed by atoms with E-state index in [1.165, 1.54) is 18.4 Å². The highest BCUT2D eigenvalue weighted by molar-refractivity contribution is 7.07. The maximum Gasteiger partial charge on any atom is 0.258 e. The summed E-state index contributed by atoms with van der Waals surface area (Å²) in [7, 11) is 4.64. The van der Waals surface area contributed by atoms with E-state index in [-0.39, 0.29) is 5.95 Å². The molecule has 170 valence electrons. The molecule has 33 heavy (non-hydrogen) atoms. The van der Waals surface area contributed by atoms with E-state index in [0.717, 1.165) is 5.69 Å². The third kappa shape index (κ3) is 5.04. The van der Waals surface area contributed by atoms with Gasteiger partial charge in [-0.15, -0.1) is 16.4 Å². The first-order valence-corrected chi connectivity index (χ1v) is 10.7. The number of aromatic amines is 1. The average Bonchev–Trinajstić information content (AvgIpc) is 3.54. The molecule has 11 heteroatoms. The molecular formula is C22H21N5O5S. The Kier molecular flexibility index (Phi) is 6.69. The van der Waals surface area contributed by atoms with Gasteiger partial charge in [-0.25, -0.2) is 4.98 Å². The van der Waals surface area contributed by atoms with E-state index in [2.05, 4.69) is 25.5 Å². The van der Waals surface area contributed by atoms with Crippen molar-refractivity contribution in [3.63, 3.8) is 0 Å². The van der Waals surface area contributed by atoms with Gasteiger partial charge in [-0.05, 0) is 30.3 Å². The van der Waals surface area contributed by atoms with Crippen LogP contribution in [0.2, 0.25) is 0 Å². The normalized spacial score (nSPS) is 10.5. The summed E-state index contributed by atoms with van der Waals surface area (Å²) >= 11 is 1.49. The lowest BCUT2D eigenvalue weighted by molar-refractivity contribution is 0.102. The smallest absolute Gasteiger partial charge is 0.258 e. The fraction of sp³-hybridized carbons (Fsp3) is 0.182. The average molecular weight is 468 g/mol. The number of carbonyl (C=O) groups excluding carboxylic acids is 1.